The molecule has 2 aromatic carbocycles. The third-order valence-corrected chi connectivity index (χ3v) is 5.74. The number of aryl methyl sites for hydroxylation is 2. The Balaban J connectivity index is 1.76. The number of carbonyl (C=O) groups excluding carboxylic acids is 2. The van der Waals surface area contributed by atoms with Crippen LogP contribution in [0.15, 0.2) is 42.5 Å². The molecule has 31 heavy (non-hydrogen) atoms. The van der Waals surface area contributed by atoms with E-state index in [-0.39, 0.29) is 24.8 Å². The Morgan fingerprint density at radius 3 is 2.32 bits per heavy atom. The fourth-order valence-corrected chi connectivity index (χ4v) is 3.88. The van der Waals surface area contributed by atoms with Crippen LogP contribution in [0.3, 0.4) is 0 Å². The smallest absolute Gasteiger partial charge is 0.242 e. The predicted octanol–water partition coefficient (Wildman–Crippen LogP) is 3.99. The quantitative estimate of drug-likeness (QED) is 0.643. The maximum Gasteiger partial charge on any atom is 0.242 e. The zero-order valence-corrected chi connectivity index (χ0v) is 18.7. The number of rotatable bonds is 8. The molecule has 1 heterocycles. The summed E-state index contributed by atoms with van der Waals surface area (Å²) in [5.41, 5.74) is 2.76. The molecular formula is C25H32N2O4. The molecule has 1 aliphatic rings. The van der Waals surface area contributed by atoms with E-state index in [0.717, 1.165) is 60.7 Å². The lowest BCUT2D eigenvalue weighted by atomic mass is 10.1. The fraction of sp³-hybridized carbons (Fsp3) is 0.440. The minimum atomic E-state index is -0.0842. The van der Waals surface area contributed by atoms with Gasteiger partial charge in [-0.05, 0) is 68.5 Å². The van der Waals surface area contributed by atoms with Crippen LogP contribution in [0.2, 0.25) is 0 Å². The van der Waals surface area contributed by atoms with Gasteiger partial charge in [-0.3, -0.25) is 9.59 Å². The highest BCUT2D eigenvalue weighted by Crippen LogP contribution is 2.26. The van der Waals surface area contributed by atoms with E-state index in [1.54, 1.807) is 19.1 Å². The predicted molar refractivity (Wildman–Crippen MR) is 122 cm³/mol. The van der Waals surface area contributed by atoms with Gasteiger partial charge < -0.3 is 19.3 Å². The van der Waals surface area contributed by atoms with Crippen molar-refractivity contribution in [2.24, 2.45) is 0 Å². The van der Waals surface area contributed by atoms with Crippen LogP contribution in [-0.2, 0) is 16.0 Å². The molecule has 0 aromatic heterocycles. The van der Waals surface area contributed by atoms with Gasteiger partial charge in [0.15, 0.2) is 0 Å². The molecule has 2 amide bonds. The Labute approximate surface area is 184 Å². The minimum Gasteiger partial charge on any atom is -0.497 e. The van der Waals surface area contributed by atoms with Crippen LogP contribution in [0.4, 0.5) is 5.69 Å². The number of methoxy groups -OCH3 is 2. The molecule has 0 atom stereocenters. The second-order valence-corrected chi connectivity index (χ2v) is 7.93. The zero-order chi connectivity index (χ0) is 22.2. The summed E-state index contributed by atoms with van der Waals surface area (Å²) in [6.07, 6.45) is 3.98. The number of ether oxygens (including phenoxy) is 2. The molecule has 0 radical (unpaired) electrons. The molecule has 6 heteroatoms. The van der Waals surface area contributed by atoms with Crippen LogP contribution in [0, 0.1) is 6.92 Å². The average molecular weight is 425 g/mol. The van der Waals surface area contributed by atoms with E-state index in [9.17, 15) is 9.59 Å². The summed E-state index contributed by atoms with van der Waals surface area (Å²) in [5, 5.41) is 0. The normalized spacial score (nSPS) is 13.6. The highest BCUT2D eigenvalue weighted by molar-refractivity contribution is 5.98. The molecule has 0 spiro atoms. The summed E-state index contributed by atoms with van der Waals surface area (Å²) >= 11 is 0. The zero-order valence-electron chi connectivity index (χ0n) is 18.7. The van der Waals surface area contributed by atoms with Gasteiger partial charge in [-0.15, -0.1) is 0 Å². The van der Waals surface area contributed by atoms with Crippen LogP contribution in [0.5, 0.6) is 11.5 Å². The fourth-order valence-electron chi connectivity index (χ4n) is 3.88. The molecule has 0 saturated carbocycles. The van der Waals surface area contributed by atoms with Crippen molar-refractivity contribution in [3.05, 3.63) is 53.6 Å². The van der Waals surface area contributed by atoms with Gasteiger partial charge >= 0.3 is 0 Å². The Bertz CT molecular complexity index is 889. The summed E-state index contributed by atoms with van der Waals surface area (Å²) < 4.78 is 10.7. The van der Waals surface area contributed by atoms with E-state index in [4.69, 9.17) is 9.47 Å². The van der Waals surface area contributed by atoms with E-state index in [2.05, 4.69) is 0 Å². The molecule has 1 saturated heterocycles. The van der Waals surface area contributed by atoms with Crippen LogP contribution < -0.4 is 14.4 Å². The largest absolute Gasteiger partial charge is 0.497 e. The van der Waals surface area contributed by atoms with Crippen molar-refractivity contribution in [3.8, 4) is 11.5 Å². The molecule has 0 aliphatic carbocycles. The SMILES string of the molecule is COc1ccc(OC)c(CCC(=O)N(CC(=O)N2CCCCC2)c2ccc(C)cc2)c1. The lowest BCUT2D eigenvalue weighted by molar-refractivity contribution is -0.132. The third-order valence-electron chi connectivity index (χ3n) is 5.74. The molecule has 166 valence electrons. The lowest BCUT2D eigenvalue weighted by Crippen LogP contribution is -2.45. The first-order valence-electron chi connectivity index (χ1n) is 10.9. The van der Waals surface area contributed by atoms with Crippen molar-refractivity contribution in [2.75, 3.05) is 38.8 Å². The lowest BCUT2D eigenvalue weighted by Gasteiger charge is -2.30. The van der Waals surface area contributed by atoms with E-state index >= 15 is 0 Å². The van der Waals surface area contributed by atoms with Crippen molar-refractivity contribution in [3.63, 3.8) is 0 Å². The van der Waals surface area contributed by atoms with Crippen molar-refractivity contribution >= 4 is 17.5 Å². The number of likely N-dealkylation sites (tertiary alicyclic amines) is 1. The molecular weight excluding hydrogens is 392 g/mol. The Kier molecular flexibility index (Phi) is 7.93. The summed E-state index contributed by atoms with van der Waals surface area (Å²) in [5.74, 6) is 1.37. The maximum atomic E-state index is 13.3. The number of anilines is 1. The number of hydrogen-bond acceptors (Lipinski definition) is 4. The Morgan fingerprint density at radius 1 is 0.968 bits per heavy atom. The summed E-state index contributed by atoms with van der Waals surface area (Å²) in [6, 6.07) is 13.3. The number of piperidine rings is 1. The first kappa shape index (κ1) is 22.7. The van der Waals surface area contributed by atoms with Gasteiger partial charge in [0.2, 0.25) is 11.8 Å². The average Bonchev–Trinajstić information content (AvgIpc) is 2.81. The number of carbonyl (C=O) groups is 2. The van der Waals surface area contributed by atoms with Gasteiger partial charge in [-0.1, -0.05) is 17.7 Å². The Hall–Kier alpha value is -3.02. The molecule has 1 aliphatic heterocycles. The van der Waals surface area contributed by atoms with E-state index in [1.807, 2.05) is 54.3 Å². The molecule has 0 N–H and O–H groups in total. The van der Waals surface area contributed by atoms with Gasteiger partial charge in [0.1, 0.15) is 18.0 Å². The van der Waals surface area contributed by atoms with Crippen LogP contribution in [0.1, 0.15) is 36.8 Å². The van der Waals surface area contributed by atoms with Crippen molar-refractivity contribution in [1.82, 2.24) is 4.90 Å². The third kappa shape index (κ3) is 6.00. The first-order valence-corrected chi connectivity index (χ1v) is 10.9. The summed E-state index contributed by atoms with van der Waals surface area (Å²) in [7, 11) is 3.23. The number of benzene rings is 2. The van der Waals surface area contributed by atoms with Crippen molar-refractivity contribution in [2.45, 2.75) is 39.0 Å². The Morgan fingerprint density at radius 2 is 1.68 bits per heavy atom. The number of nitrogens with zero attached hydrogens (tertiary/aromatic N) is 2. The monoisotopic (exact) mass is 424 g/mol. The van der Waals surface area contributed by atoms with Gasteiger partial charge in [0.25, 0.3) is 0 Å². The highest BCUT2D eigenvalue weighted by Gasteiger charge is 2.24. The summed E-state index contributed by atoms with van der Waals surface area (Å²) in [4.78, 5) is 29.7. The number of hydrogen-bond donors (Lipinski definition) is 0. The molecule has 1 fully saturated rings. The van der Waals surface area contributed by atoms with E-state index < -0.39 is 0 Å². The van der Waals surface area contributed by atoms with Gasteiger partial charge in [-0.2, -0.15) is 0 Å². The van der Waals surface area contributed by atoms with Gasteiger partial charge in [-0.25, -0.2) is 0 Å². The number of amides is 2. The second kappa shape index (κ2) is 10.8. The topological polar surface area (TPSA) is 59.1 Å². The standard InChI is InChI=1S/C25H32N2O4/c1-19-7-10-21(11-8-19)27(18-25(29)26-15-5-4-6-16-26)24(28)14-9-20-17-22(30-2)12-13-23(20)31-3/h7-8,10-13,17H,4-6,9,14-16,18H2,1-3H3. The first-order chi connectivity index (χ1) is 15.0. The van der Waals surface area contributed by atoms with Gasteiger partial charge in [0, 0.05) is 25.2 Å². The van der Waals surface area contributed by atoms with Gasteiger partial charge in [0.05, 0.1) is 14.2 Å². The second-order valence-electron chi connectivity index (χ2n) is 7.93. The van der Waals surface area contributed by atoms with Crippen LogP contribution >= 0.6 is 0 Å². The van der Waals surface area contributed by atoms with Crippen LogP contribution in [0.25, 0.3) is 0 Å². The highest BCUT2D eigenvalue weighted by atomic mass is 16.5. The van der Waals surface area contributed by atoms with E-state index in [0.29, 0.717) is 6.42 Å². The molecule has 6 nitrogen and oxygen atoms in total. The summed E-state index contributed by atoms with van der Waals surface area (Å²) in [6.45, 7) is 3.62. The molecule has 3 rings (SSSR count). The van der Waals surface area contributed by atoms with Crippen LogP contribution in [-0.4, -0.2) is 50.6 Å². The minimum absolute atomic E-state index is 0.00702. The molecule has 0 unspecified atom stereocenters. The molecule has 2 aromatic rings. The maximum absolute atomic E-state index is 13.3. The van der Waals surface area contributed by atoms with Crippen molar-refractivity contribution < 1.29 is 19.1 Å². The molecule has 0 bridgehead atoms. The van der Waals surface area contributed by atoms with Crippen molar-refractivity contribution in [1.29, 1.82) is 0 Å². The van der Waals surface area contributed by atoms with E-state index in [1.165, 1.54) is 0 Å².